The van der Waals surface area contributed by atoms with Gasteiger partial charge in [0.15, 0.2) is 0 Å². The molecule has 0 spiro atoms. The maximum absolute atomic E-state index is 12.3. The van der Waals surface area contributed by atoms with E-state index < -0.39 is 24.8 Å². The summed E-state index contributed by atoms with van der Waals surface area (Å²) >= 11 is 11.5. The van der Waals surface area contributed by atoms with Gasteiger partial charge in [0, 0.05) is 0 Å². The molecule has 18 heavy (non-hydrogen) atoms. The SMILES string of the molecule is CCOP(=O)(OCC)c1oc(C(=O)O)c(Cl)c1Cl. The van der Waals surface area contributed by atoms with E-state index in [4.69, 9.17) is 41.8 Å². The molecule has 0 atom stereocenters. The molecule has 6 nitrogen and oxygen atoms in total. The van der Waals surface area contributed by atoms with Crippen molar-refractivity contribution >= 4 is 42.3 Å². The molecule has 1 aromatic rings. The summed E-state index contributed by atoms with van der Waals surface area (Å²) < 4.78 is 27.2. The van der Waals surface area contributed by atoms with Crippen molar-refractivity contribution in [2.75, 3.05) is 13.2 Å². The van der Waals surface area contributed by atoms with E-state index in [1.54, 1.807) is 13.8 Å². The van der Waals surface area contributed by atoms with Crippen molar-refractivity contribution in [2.45, 2.75) is 13.8 Å². The van der Waals surface area contributed by atoms with Gasteiger partial charge in [0.05, 0.1) is 13.2 Å². The van der Waals surface area contributed by atoms with Gasteiger partial charge < -0.3 is 18.6 Å². The van der Waals surface area contributed by atoms with E-state index in [9.17, 15) is 9.36 Å². The van der Waals surface area contributed by atoms with Crippen molar-refractivity contribution in [3.8, 4) is 0 Å². The third kappa shape index (κ3) is 2.90. The second-order valence-electron chi connectivity index (χ2n) is 3.00. The molecule has 0 bridgehead atoms. The van der Waals surface area contributed by atoms with Crippen LogP contribution < -0.4 is 5.50 Å². The average Bonchev–Trinajstić information content (AvgIpc) is 2.57. The maximum Gasteiger partial charge on any atom is 0.397 e. The highest BCUT2D eigenvalue weighted by Gasteiger charge is 2.37. The van der Waals surface area contributed by atoms with Gasteiger partial charge in [-0.2, -0.15) is 0 Å². The summed E-state index contributed by atoms with van der Waals surface area (Å²) in [5, 5.41) is 8.21. The second-order valence-corrected chi connectivity index (χ2v) is 5.68. The maximum atomic E-state index is 12.3. The Morgan fingerprint density at radius 2 is 1.78 bits per heavy atom. The molecule has 0 radical (unpaired) electrons. The molecule has 1 rings (SSSR count). The van der Waals surface area contributed by atoms with Crippen LogP contribution >= 0.6 is 30.8 Å². The number of hydrogen-bond acceptors (Lipinski definition) is 5. The van der Waals surface area contributed by atoms with Gasteiger partial charge in [0.2, 0.25) is 11.3 Å². The molecule has 0 aliphatic heterocycles. The van der Waals surface area contributed by atoms with Crippen molar-refractivity contribution in [1.82, 2.24) is 0 Å². The Bertz CT molecular complexity index is 487. The molecule has 0 aliphatic carbocycles. The number of aromatic carboxylic acids is 1. The molecular weight excluding hydrogens is 306 g/mol. The molecule has 0 amide bonds. The van der Waals surface area contributed by atoms with Crippen molar-refractivity contribution < 1.29 is 27.9 Å². The van der Waals surface area contributed by atoms with Crippen LogP contribution in [0.1, 0.15) is 24.4 Å². The number of halogens is 2. The lowest BCUT2D eigenvalue weighted by Crippen LogP contribution is -2.10. The number of furan rings is 1. The van der Waals surface area contributed by atoms with Crippen LogP contribution in [-0.2, 0) is 13.6 Å². The van der Waals surface area contributed by atoms with Crippen LogP contribution in [-0.4, -0.2) is 24.3 Å². The highest BCUT2D eigenvalue weighted by molar-refractivity contribution is 7.62. The van der Waals surface area contributed by atoms with Gasteiger partial charge in [-0.05, 0) is 13.8 Å². The fraction of sp³-hybridized carbons (Fsp3) is 0.444. The summed E-state index contributed by atoms with van der Waals surface area (Å²) in [5.41, 5.74) is -0.393. The van der Waals surface area contributed by atoms with Crippen molar-refractivity contribution in [3.05, 3.63) is 15.8 Å². The minimum atomic E-state index is -3.80. The van der Waals surface area contributed by atoms with Crippen molar-refractivity contribution in [1.29, 1.82) is 0 Å². The lowest BCUT2D eigenvalue weighted by atomic mass is 10.4. The fourth-order valence-corrected chi connectivity index (χ4v) is 3.44. The normalized spacial score (nSPS) is 11.8. The first kappa shape index (κ1) is 15.5. The Morgan fingerprint density at radius 3 is 2.11 bits per heavy atom. The summed E-state index contributed by atoms with van der Waals surface area (Å²) in [7, 11) is -3.80. The molecule has 0 saturated carbocycles. The summed E-state index contributed by atoms with van der Waals surface area (Å²) in [4.78, 5) is 10.8. The molecule has 1 aromatic heterocycles. The molecule has 0 saturated heterocycles. The molecular formula is C9H11Cl2O6P. The van der Waals surface area contributed by atoms with Crippen LogP contribution in [0.25, 0.3) is 0 Å². The van der Waals surface area contributed by atoms with Crippen LogP contribution in [0.2, 0.25) is 10.0 Å². The van der Waals surface area contributed by atoms with E-state index in [0.29, 0.717) is 0 Å². The molecule has 0 aromatic carbocycles. The molecule has 0 unspecified atom stereocenters. The van der Waals surface area contributed by atoms with Gasteiger partial charge >= 0.3 is 13.6 Å². The largest absolute Gasteiger partial charge is 0.475 e. The van der Waals surface area contributed by atoms with Crippen LogP contribution in [0.3, 0.4) is 0 Å². The van der Waals surface area contributed by atoms with Gasteiger partial charge in [-0.3, -0.25) is 4.57 Å². The summed E-state index contributed by atoms with van der Waals surface area (Å²) in [6, 6.07) is 0. The van der Waals surface area contributed by atoms with Crippen molar-refractivity contribution in [2.24, 2.45) is 0 Å². The highest BCUT2D eigenvalue weighted by Crippen LogP contribution is 2.50. The number of hydrogen-bond donors (Lipinski definition) is 1. The monoisotopic (exact) mass is 316 g/mol. The van der Waals surface area contributed by atoms with E-state index in [0.717, 1.165) is 0 Å². The summed E-state index contributed by atoms with van der Waals surface area (Å²) in [6.45, 7) is 3.35. The van der Waals surface area contributed by atoms with Gasteiger partial charge in [0.25, 0.3) is 0 Å². The van der Waals surface area contributed by atoms with Crippen molar-refractivity contribution in [3.63, 3.8) is 0 Å². The van der Waals surface area contributed by atoms with Gasteiger partial charge in [-0.25, -0.2) is 4.79 Å². The Balaban J connectivity index is 3.34. The van der Waals surface area contributed by atoms with Gasteiger partial charge in [0.1, 0.15) is 10.0 Å². The predicted molar refractivity (Wildman–Crippen MR) is 66.2 cm³/mol. The Hall–Kier alpha value is -0.520. The Kier molecular flexibility index (Phi) is 5.25. The Morgan fingerprint density at radius 1 is 1.28 bits per heavy atom. The van der Waals surface area contributed by atoms with Crippen LogP contribution in [0, 0.1) is 0 Å². The van der Waals surface area contributed by atoms with Crippen LogP contribution in [0.15, 0.2) is 4.42 Å². The molecule has 0 fully saturated rings. The summed E-state index contributed by atoms with van der Waals surface area (Å²) in [6.07, 6.45) is 0. The van der Waals surface area contributed by atoms with Gasteiger partial charge in [-0.15, -0.1) is 0 Å². The zero-order valence-corrected chi connectivity index (χ0v) is 12.0. The fourth-order valence-electron chi connectivity index (χ4n) is 1.19. The first-order chi connectivity index (χ1) is 8.37. The summed E-state index contributed by atoms with van der Waals surface area (Å²) in [5.74, 6) is -2.02. The van der Waals surface area contributed by atoms with E-state index in [1.807, 2.05) is 0 Å². The lowest BCUT2D eigenvalue weighted by molar-refractivity contribution is 0.0664. The molecule has 1 heterocycles. The number of carbonyl (C=O) groups is 1. The number of rotatable bonds is 6. The predicted octanol–water partition coefficient (Wildman–Crippen LogP) is 3.18. The van der Waals surface area contributed by atoms with E-state index in [1.165, 1.54) is 0 Å². The lowest BCUT2D eigenvalue weighted by Gasteiger charge is -2.14. The minimum Gasteiger partial charge on any atom is -0.475 e. The van der Waals surface area contributed by atoms with Crippen LogP contribution in [0.5, 0.6) is 0 Å². The standard InChI is InChI=1S/C9H11Cl2O6P/c1-3-15-18(14,16-4-2)9-6(11)5(10)7(17-9)8(12)13/h3-4H2,1-2H3,(H,12,13). The zero-order valence-electron chi connectivity index (χ0n) is 9.61. The second kappa shape index (κ2) is 6.08. The zero-order chi connectivity index (χ0) is 13.9. The topological polar surface area (TPSA) is 86.0 Å². The molecule has 0 aliphatic rings. The number of carboxylic acids is 1. The van der Waals surface area contributed by atoms with Gasteiger partial charge in [-0.1, -0.05) is 23.2 Å². The first-order valence-corrected chi connectivity index (χ1v) is 7.28. The van der Waals surface area contributed by atoms with E-state index in [2.05, 4.69) is 0 Å². The average molecular weight is 317 g/mol. The van der Waals surface area contributed by atoms with E-state index >= 15 is 0 Å². The third-order valence-corrected chi connectivity index (χ3v) is 4.78. The Labute approximate surface area is 113 Å². The minimum absolute atomic E-state index is 0.0777. The van der Waals surface area contributed by atoms with E-state index in [-0.39, 0.29) is 23.3 Å². The highest BCUT2D eigenvalue weighted by atomic mass is 35.5. The van der Waals surface area contributed by atoms with Crippen LogP contribution in [0.4, 0.5) is 0 Å². The molecule has 102 valence electrons. The third-order valence-electron chi connectivity index (χ3n) is 1.82. The quantitative estimate of drug-likeness (QED) is 0.811. The molecule has 1 N–H and O–H groups in total. The molecule has 9 heteroatoms. The first-order valence-electron chi connectivity index (χ1n) is 4.98. The number of carboxylic acid groups (broad SMARTS) is 1. The smallest absolute Gasteiger partial charge is 0.397 e.